The summed E-state index contributed by atoms with van der Waals surface area (Å²) in [5.74, 6) is -0.496. The number of amides is 3. The summed E-state index contributed by atoms with van der Waals surface area (Å²) in [5, 5.41) is 11.5. The highest BCUT2D eigenvalue weighted by atomic mass is 16.2. The Balaban J connectivity index is 1.94. The van der Waals surface area contributed by atoms with E-state index in [1.807, 2.05) is 32.9 Å². The lowest BCUT2D eigenvalue weighted by Crippen LogP contribution is -2.22. The Morgan fingerprint density at radius 3 is 2.21 bits per heavy atom. The van der Waals surface area contributed by atoms with Crippen LogP contribution in [-0.2, 0) is 14.4 Å². The molecule has 2 aromatic carbocycles. The van der Waals surface area contributed by atoms with Crippen molar-refractivity contribution in [2.24, 2.45) is 5.92 Å². The molecule has 2 rings (SSSR count). The molecule has 0 heterocycles. The van der Waals surface area contributed by atoms with Crippen molar-refractivity contribution in [1.29, 1.82) is 0 Å². The van der Waals surface area contributed by atoms with Gasteiger partial charge in [0.05, 0.1) is 6.54 Å². The van der Waals surface area contributed by atoms with Gasteiger partial charge in [0.1, 0.15) is 0 Å². The number of carbonyl (C=O) groups excluding carboxylic acids is 3. The van der Waals surface area contributed by atoms with Crippen LogP contribution >= 0.6 is 0 Å². The van der Waals surface area contributed by atoms with Crippen LogP contribution in [0.2, 0.25) is 0 Å². The summed E-state index contributed by atoms with van der Waals surface area (Å²) in [6, 6.07) is 12.5. The molecule has 0 aliphatic carbocycles. The zero-order chi connectivity index (χ0) is 21.4. The summed E-state index contributed by atoms with van der Waals surface area (Å²) in [7, 11) is 0. The van der Waals surface area contributed by atoms with Crippen LogP contribution in [0, 0.1) is 12.8 Å². The molecular formula is C22H28N4O3. The monoisotopic (exact) mass is 396 g/mol. The maximum Gasteiger partial charge on any atom is 0.243 e. The largest absolute Gasteiger partial charge is 0.376 e. The molecule has 154 valence electrons. The standard InChI is InChI=1S/C22H28N4O3/c1-5-20(27)26-19-12-16(10-9-15(19)4)23-13-21(28)24-17-7-6-8-18(11-17)25-22(29)14(2)3/h6-12,14,23H,5,13H2,1-4H3,(H,24,28)(H,25,29)(H,26,27). The van der Waals surface area contributed by atoms with E-state index in [-0.39, 0.29) is 30.2 Å². The topological polar surface area (TPSA) is 99.3 Å². The van der Waals surface area contributed by atoms with Gasteiger partial charge < -0.3 is 21.3 Å². The fourth-order valence-electron chi connectivity index (χ4n) is 2.45. The molecule has 7 heteroatoms. The number of rotatable bonds is 8. The van der Waals surface area contributed by atoms with Gasteiger partial charge >= 0.3 is 0 Å². The van der Waals surface area contributed by atoms with E-state index in [2.05, 4.69) is 21.3 Å². The van der Waals surface area contributed by atoms with Gasteiger partial charge in [0.15, 0.2) is 0 Å². The normalized spacial score (nSPS) is 10.4. The Bertz CT molecular complexity index is 893. The maximum atomic E-state index is 12.3. The van der Waals surface area contributed by atoms with Gasteiger partial charge in [0.25, 0.3) is 0 Å². The van der Waals surface area contributed by atoms with Crippen molar-refractivity contribution in [1.82, 2.24) is 0 Å². The number of hydrogen-bond donors (Lipinski definition) is 4. The van der Waals surface area contributed by atoms with E-state index >= 15 is 0 Å². The second-order valence-corrected chi connectivity index (χ2v) is 7.06. The molecule has 2 aromatic rings. The molecule has 0 radical (unpaired) electrons. The third-order valence-corrected chi connectivity index (χ3v) is 4.22. The van der Waals surface area contributed by atoms with Crippen LogP contribution in [0.1, 0.15) is 32.8 Å². The lowest BCUT2D eigenvalue weighted by atomic mass is 10.1. The lowest BCUT2D eigenvalue weighted by Gasteiger charge is -2.13. The maximum absolute atomic E-state index is 12.3. The summed E-state index contributed by atoms with van der Waals surface area (Å²) in [5.41, 5.74) is 3.62. The molecule has 0 aromatic heterocycles. The van der Waals surface area contributed by atoms with Crippen LogP contribution in [0.15, 0.2) is 42.5 Å². The molecule has 4 N–H and O–H groups in total. The minimum atomic E-state index is -0.225. The van der Waals surface area contributed by atoms with Crippen LogP contribution < -0.4 is 21.3 Å². The first kappa shape index (κ1) is 21.9. The van der Waals surface area contributed by atoms with Crippen LogP contribution in [0.4, 0.5) is 22.7 Å². The lowest BCUT2D eigenvalue weighted by molar-refractivity contribution is -0.119. The molecule has 0 fully saturated rings. The number of benzene rings is 2. The van der Waals surface area contributed by atoms with Gasteiger partial charge in [-0.1, -0.05) is 32.9 Å². The molecule has 29 heavy (non-hydrogen) atoms. The van der Waals surface area contributed by atoms with Crippen molar-refractivity contribution in [3.63, 3.8) is 0 Å². The highest BCUT2D eigenvalue weighted by Crippen LogP contribution is 2.21. The smallest absolute Gasteiger partial charge is 0.243 e. The van der Waals surface area contributed by atoms with Crippen molar-refractivity contribution in [2.45, 2.75) is 34.1 Å². The Hall–Kier alpha value is -3.35. The third kappa shape index (κ3) is 6.95. The molecule has 0 aliphatic heterocycles. The minimum Gasteiger partial charge on any atom is -0.376 e. The number of nitrogens with one attached hydrogen (secondary N) is 4. The molecule has 0 unspecified atom stereocenters. The van der Waals surface area contributed by atoms with Gasteiger partial charge in [-0.3, -0.25) is 14.4 Å². The first-order valence-electron chi connectivity index (χ1n) is 9.63. The van der Waals surface area contributed by atoms with E-state index in [9.17, 15) is 14.4 Å². The first-order valence-corrected chi connectivity index (χ1v) is 9.63. The van der Waals surface area contributed by atoms with E-state index in [0.29, 0.717) is 17.8 Å². The average molecular weight is 396 g/mol. The molecule has 3 amide bonds. The Kier molecular flexibility index (Phi) is 7.77. The summed E-state index contributed by atoms with van der Waals surface area (Å²) in [6.45, 7) is 7.40. The summed E-state index contributed by atoms with van der Waals surface area (Å²) in [6.07, 6.45) is 0.399. The number of aryl methyl sites for hydroxylation is 1. The fourth-order valence-corrected chi connectivity index (χ4v) is 2.45. The van der Waals surface area contributed by atoms with E-state index in [1.54, 1.807) is 37.3 Å². The van der Waals surface area contributed by atoms with Gasteiger partial charge in [-0.05, 0) is 42.8 Å². The highest BCUT2D eigenvalue weighted by molar-refractivity contribution is 5.96. The average Bonchev–Trinajstić information content (AvgIpc) is 2.68. The van der Waals surface area contributed by atoms with Crippen molar-refractivity contribution in [3.05, 3.63) is 48.0 Å². The van der Waals surface area contributed by atoms with E-state index in [4.69, 9.17) is 0 Å². The molecule has 0 saturated heterocycles. The van der Waals surface area contributed by atoms with Crippen molar-refractivity contribution in [2.75, 3.05) is 27.8 Å². The van der Waals surface area contributed by atoms with E-state index in [0.717, 1.165) is 16.9 Å². The van der Waals surface area contributed by atoms with Gasteiger partial charge in [-0.15, -0.1) is 0 Å². The molecule has 0 spiro atoms. The molecule has 0 aliphatic rings. The van der Waals surface area contributed by atoms with Gasteiger partial charge in [0.2, 0.25) is 17.7 Å². The number of anilines is 4. The van der Waals surface area contributed by atoms with Gasteiger partial charge in [0, 0.05) is 35.1 Å². The molecule has 0 bridgehead atoms. The third-order valence-electron chi connectivity index (χ3n) is 4.22. The Morgan fingerprint density at radius 1 is 0.862 bits per heavy atom. The zero-order valence-electron chi connectivity index (χ0n) is 17.3. The highest BCUT2D eigenvalue weighted by Gasteiger charge is 2.09. The predicted octanol–water partition coefficient (Wildman–Crippen LogP) is 3.99. The number of carbonyl (C=O) groups is 3. The SMILES string of the molecule is CCC(=O)Nc1cc(NCC(=O)Nc2cccc(NC(=O)C(C)C)c2)ccc1C. The van der Waals surface area contributed by atoms with Crippen molar-refractivity contribution < 1.29 is 14.4 Å². The summed E-state index contributed by atoms with van der Waals surface area (Å²) >= 11 is 0. The van der Waals surface area contributed by atoms with E-state index < -0.39 is 0 Å². The van der Waals surface area contributed by atoms with Crippen LogP contribution in [0.3, 0.4) is 0 Å². The quantitative estimate of drug-likeness (QED) is 0.542. The summed E-state index contributed by atoms with van der Waals surface area (Å²) < 4.78 is 0. The van der Waals surface area contributed by atoms with Crippen LogP contribution in [0.25, 0.3) is 0 Å². The van der Waals surface area contributed by atoms with Crippen molar-refractivity contribution in [3.8, 4) is 0 Å². The van der Waals surface area contributed by atoms with Crippen molar-refractivity contribution >= 4 is 40.5 Å². The second kappa shape index (κ2) is 10.3. The molecule has 0 atom stereocenters. The Morgan fingerprint density at radius 2 is 1.55 bits per heavy atom. The summed E-state index contributed by atoms with van der Waals surface area (Å²) in [4.78, 5) is 35.7. The minimum absolute atomic E-state index is 0.0623. The zero-order valence-corrected chi connectivity index (χ0v) is 17.3. The van der Waals surface area contributed by atoms with Crippen LogP contribution in [-0.4, -0.2) is 24.3 Å². The van der Waals surface area contributed by atoms with Gasteiger partial charge in [-0.2, -0.15) is 0 Å². The fraction of sp³-hybridized carbons (Fsp3) is 0.318. The first-order chi connectivity index (χ1) is 13.8. The van der Waals surface area contributed by atoms with E-state index in [1.165, 1.54) is 0 Å². The van der Waals surface area contributed by atoms with Gasteiger partial charge in [-0.25, -0.2) is 0 Å². The molecule has 7 nitrogen and oxygen atoms in total. The second-order valence-electron chi connectivity index (χ2n) is 7.06. The number of hydrogen-bond acceptors (Lipinski definition) is 4. The van der Waals surface area contributed by atoms with Crippen LogP contribution in [0.5, 0.6) is 0 Å². The Labute approximate surface area is 171 Å². The predicted molar refractivity (Wildman–Crippen MR) is 117 cm³/mol. The molecular weight excluding hydrogens is 368 g/mol. The molecule has 0 saturated carbocycles.